The molecule has 0 fully saturated rings. The molecule has 0 bridgehead atoms. The second-order valence-corrected chi connectivity index (χ2v) is 3.94. The first-order chi connectivity index (χ1) is 9.77. The van der Waals surface area contributed by atoms with Crippen LogP contribution in [-0.2, 0) is 0 Å². The molecular formula is C16H23N3O. The van der Waals surface area contributed by atoms with E-state index in [1.54, 1.807) is 6.20 Å². The average molecular weight is 273 g/mol. The Kier molecular flexibility index (Phi) is 5.97. The first-order valence-electron chi connectivity index (χ1n) is 7.21. The highest BCUT2D eigenvalue weighted by molar-refractivity contribution is 6.00. The topological polar surface area (TPSA) is 57.8 Å². The van der Waals surface area contributed by atoms with Gasteiger partial charge in [0, 0.05) is 5.56 Å². The molecule has 4 nitrogen and oxygen atoms in total. The van der Waals surface area contributed by atoms with E-state index in [-0.39, 0.29) is 11.9 Å². The molecule has 1 aliphatic rings. The van der Waals surface area contributed by atoms with E-state index in [0.717, 1.165) is 16.7 Å². The van der Waals surface area contributed by atoms with Crippen LogP contribution >= 0.6 is 0 Å². The van der Waals surface area contributed by atoms with Gasteiger partial charge in [-0.3, -0.25) is 9.89 Å². The van der Waals surface area contributed by atoms with Gasteiger partial charge < -0.3 is 5.32 Å². The maximum Gasteiger partial charge on any atom is 0.270 e. The molecule has 1 atom stereocenters. The summed E-state index contributed by atoms with van der Waals surface area (Å²) in [5.74, 6) is -0.101. The van der Waals surface area contributed by atoms with Gasteiger partial charge in [0.15, 0.2) is 0 Å². The predicted molar refractivity (Wildman–Crippen MR) is 82.6 cm³/mol. The molecular weight excluding hydrogens is 250 g/mol. The molecule has 2 aromatic rings. The van der Waals surface area contributed by atoms with Gasteiger partial charge in [-0.05, 0) is 18.1 Å². The Morgan fingerprint density at radius 2 is 1.70 bits per heavy atom. The van der Waals surface area contributed by atoms with Crippen molar-refractivity contribution in [3.63, 3.8) is 0 Å². The molecule has 1 unspecified atom stereocenters. The van der Waals surface area contributed by atoms with Crippen molar-refractivity contribution >= 4 is 5.91 Å². The van der Waals surface area contributed by atoms with Crippen molar-refractivity contribution in [2.24, 2.45) is 0 Å². The summed E-state index contributed by atoms with van der Waals surface area (Å²) in [5, 5.41) is 9.61. The van der Waals surface area contributed by atoms with Crippen molar-refractivity contribution in [3.05, 3.63) is 41.7 Å². The fourth-order valence-electron chi connectivity index (χ4n) is 2.13. The van der Waals surface area contributed by atoms with Crippen molar-refractivity contribution < 1.29 is 4.79 Å². The molecule has 108 valence electrons. The Hall–Kier alpha value is -2.10. The third-order valence-electron chi connectivity index (χ3n) is 2.93. The predicted octanol–water partition coefficient (Wildman–Crippen LogP) is 3.93. The minimum Gasteiger partial charge on any atom is -0.344 e. The summed E-state index contributed by atoms with van der Waals surface area (Å²) < 4.78 is 0. The number of amides is 1. The van der Waals surface area contributed by atoms with Gasteiger partial charge in [-0.15, -0.1) is 0 Å². The molecule has 1 aromatic carbocycles. The van der Waals surface area contributed by atoms with Crippen molar-refractivity contribution in [3.8, 4) is 11.1 Å². The van der Waals surface area contributed by atoms with Crippen LogP contribution in [0.5, 0.6) is 0 Å². The van der Waals surface area contributed by atoms with Gasteiger partial charge in [0.1, 0.15) is 5.69 Å². The number of benzene rings is 1. The number of fused-ring (bicyclic) bond motifs is 3. The van der Waals surface area contributed by atoms with Crippen LogP contribution in [0.4, 0.5) is 0 Å². The summed E-state index contributed by atoms with van der Waals surface area (Å²) in [5.41, 5.74) is 3.60. The van der Waals surface area contributed by atoms with E-state index in [2.05, 4.69) is 15.5 Å². The van der Waals surface area contributed by atoms with Crippen LogP contribution in [0.15, 0.2) is 30.5 Å². The summed E-state index contributed by atoms with van der Waals surface area (Å²) in [4.78, 5) is 11.9. The summed E-state index contributed by atoms with van der Waals surface area (Å²) in [6, 6.07) is 8.01. The summed E-state index contributed by atoms with van der Waals surface area (Å²) in [7, 11) is 0. The quantitative estimate of drug-likeness (QED) is 0.764. The van der Waals surface area contributed by atoms with Crippen molar-refractivity contribution in [2.45, 2.75) is 40.7 Å². The van der Waals surface area contributed by atoms with Crippen LogP contribution in [0.2, 0.25) is 0 Å². The van der Waals surface area contributed by atoms with E-state index in [1.165, 1.54) is 0 Å². The highest BCUT2D eigenvalue weighted by Gasteiger charge is 2.24. The molecule has 1 aliphatic heterocycles. The number of aromatic amines is 1. The number of H-pyrrole nitrogens is 1. The molecule has 0 aliphatic carbocycles. The largest absolute Gasteiger partial charge is 0.344 e. The molecule has 2 heterocycles. The Balaban J connectivity index is 0.000000461. The number of nitrogens with one attached hydrogen (secondary N) is 2. The molecule has 2 N–H and O–H groups in total. The average Bonchev–Trinajstić information content (AvgIpc) is 2.97. The highest BCUT2D eigenvalue weighted by atomic mass is 16.2. The Labute approximate surface area is 120 Å². The molecule has 0 saturated heterocycles. The van der Waals surface area contributed by atoms with Gasteiger partial charge in [0.2, 0.25) is 0 Å². The molecule has 3 rings (SSSR count). The molecule has 4 heteroatoms. The van der Waals surface area contributed by atoms with Gasteiger partial charge in [-0.2, -0.15) is 5.10 Å². The van der Waals surface area contributed by atoms with Gasteiger partial charge in [0.25, 0.3) is 5.91 Å². The fraction of sp³-hybridized carbons (Fsp3) is 0.375. The zero-order valence-corrected chi connectivity index (χ0v) is 12.8. The fourth-order valence-corrected chi connectivity index (χ4v) is 2.13. The number of aromatic nitrogens is 2. The van der Waals surface area contributed by atoms with Crippen LogP contribution < -0.4 is 5.32 Å². The van der Waals surface area contributed by atoms with Crippen LogP contribution in [0.25, 0.3) is 11.1 Å². The summed E-state index contributed by atoms with van der Waals surface area (Å²) >= 11 is 0. The molecule has 1 amide bonds. The van der Waals surface area contributed by atoms with Crippen LogP contribution in [-0.4, -0.2) is 16.1 Å². The van der Waals surface area contributed by atoms with Gasteiger partial charge in [-0.1, -0.05) is 52.0 Å². The van der Waals surface area contributed by atoms with Crippen molar-refractivity contribution in [1.29, 1.82) is 0 Å². The minimum absolute atomic E-state index is 0.0181. The molecule has 1 aromatic heterocycles. The maximum absolute atomic E-state index is 11.9. The number of rotatable bonds is 0. The first-order valence-corrected chi connectivity index (χ1v) is 7.21. The minimum atomic E-state index is -0.101. The van der Waals surface area contributed by atoms with Crippen LogP contribution in [0.3, 0.4) is 0 Å². The molecule has 0 radical (unpaired) electrons. The lowest BCUT2D eigenvalue weighted by Gasteiger charge is -2.12. The Morgan fingerprint density at radius 3 is 2.40 bits per heavy atom. The number of carbonyl (C=O) groups excluding carboxylic acids is 1. The Bertz CT molecular complexity index is 560. The van der Waals surface area contributed by atoms with Gasteiger partial charge in [0.05, 0.1) is 12.2 Å². The van der Waals surface area contributed by atoms with Gasteiger partial charge in [-0.25, -0.2) is 0 Å². The lowest BCUT2D eigenvalue weighted by atomic mass is 9.98. The highest BCUT2D eigenvalue weighted by Crippen LogP contribution is 2.32. The zero-order chi connectivity index (χ0) is 15.1. The van der Waals surface area contributed by atoms with Crippen LogP contribution in [0.1, 0.15) is 56.7 Å². The van der Waals surface area contributed by atoms with Crippen LogP contribution in [0, 0.1) is 0 Å². The second kappa shape index (κ2) is 7.48. The standard InChI is InChI=1S/C12H11N3O.2C2H6/c1-7-8-4-2-3-5-9(8)10-6-13-15-11(10)12(16)14-7;2*1-2/h2-7H,1H3,(H,13,15)(H,14,16);2*1-2H3. The lowest BCUT2D eigenvalue weighted by molar-refractivity contribution is 0.0937. The smallest absolute Gasteiger partial charge is 0.270 e. The van der Waals surface area contributed by atoms with E-state index in [1.807, 2.05) is 58.9 Å². The third-order valence-corrected chi connectivity index (χ3v) is 2.93. The number of nitrogens with zero attached hydrogens (tertiary/aromatic N) is 1. The number of carbonyl (C=O) groups is 1. The molecule has 0 saturated carbocycles. The second-order valence-electron chi connectivity index (χ2n) is 3.94. The van der Waals surface area contributed by atoms with E-state index < -0.39 is 0 Å². The van der Waals surface area contributed by atoms with E-state index >= 15 is 0 Å². The maximum atomic E-state index is 11.9. The molecule has 20 heavy (non-hydrogen) atoms. The third kappa shape index (κ3) is 2.90. The molecule has 0 spiro atoms. The van der Waals surface area contributed by atoms with Crippen molar-refractivity contribution in [1.82, 2.24) is 15.5 Å². The first kappa shape index (κ1) is 16.0. The normalized spacial score (nSPS) is 15.2. The Morgan fingerprint density at radius 1 is 1.05 bits per heavy atom. The number of hydrogen-bond acceptors (Lipinski definition) is 2. The number of hydrogen-bond donors (Lipinski definition) is 2. The van der Waals surface area contributed by atoms with Crippen molar-refractivity contribution in [2.75, 3.05) is 0 Å². The van der Waals surface area contributed by atoms with E-state index in [9.17, 15) is 4.79 Å². The van der Waals surface area contributed by atoms with E-state index in [4.69, 9.17) is 0 Å². The SMILES string of the molecule is CC.CC.CC1NC(=O)c2[nH]ncc2-c2ccccc21. The van der Waals surface area contributed by atoms with Gasteiger partial charge >= 0.3 is 0 Å². The summed E-state index contributed by atoms with van der Waals surface area (Å²) in [6.45, 7) is 9.98. The lowest BCUT2D eigenvalue weighted by Crippen LogP contribution is -2.25. The van der Waals surface area contributed by atoms with E-state index in [0.29, 0.717) is 5.69 Å². The summed E-state index contributed by atoms with van der Waals surface area (Å²) in [6.07, 6.45) is 1.70. The monoisotopic (exact) mass is 273 g/mol. The zero-order valence-electron chi connectivity index (χ0n) is 12.8.